The number of piperazine rings is 1. The molecule has 5 heteroatoms. The first-order valence-corrected chi connectivity index (χ1v) is 8.26. The third kappa shape index (κ3) is 4.94. The third-order valence-corrected chi connectivity index (χ3v) is 4.13. The average molecular weight is 330 g/mol. The predicted octanol–water partition coefficient (Wildman–Crippen LogP) is 3.24. The molecule has 24 heavy (non-hydrogen) atoms. The van der Waals surface area contributed by atoms with Gasteiger partial charge in [-0.2, -0.15) is 0 Å². The van der Waals surface area contributed by atoms with E-state index in [4.69, 9.17) is 9.47 Å². The molecule has 0 saturated carbocycles. The number of ether oxygens (including phenoxy) is 2. The molecule has 0 aromatic heterocycles. The van der Waals surface area contributed by atoms with Crippen LogP contribution in [0.15, 0.2) is 48.5 Å². The van der Waals surface area contributed by atoms with E-state index < -0.39 is 0 Å². The molecule has 1 heterocycles. The molecule has 0 atom stereocenters. The Bertz CT molecular complexity index is 640. The summed E-state index contributed by atoms with van der Waals surface area (Å²) in [6.07, 6.45) is 0. The molecule has 3 rings (SSSR count). The van der Waals surface area contributed by atoms with Gasteiger partial charge in [0.05, 0.1) is 0 Å². The van der Waals surface area contributed by atoms with Gasteiger partial charge in [0.25, 0.3) is 0 Å². The maximum Gasteiger partial charge on any atom is 0.131 e. The Labute approximate surface area is 142 Å². The highest BCUT2D eigenvalue weighted by Gasteiger charge is 2.13. The third-order valence-electron chi connectivity index (χ3n) is 4.13. The van der Waals surface area contributed by atoms with Crippen molar-refractivity contribution in [2.45, 2.75) is 0 Å². The number of benzene rings is 2. The van der Waals surface area contributed by atoms with Crippen molar-refractivity contribution in [1.29, 1.82) is 0 Å². The summed E-state index contributed by atoms with van der Waals surface area (Å²) in [7, 11) is 2.15. The van der Waals surface area contributed by atoms with Gasteiger partial charge in [0.1, 0.15) is 29.7 Å². The zero-order chi connectivity index (χ0) is 16.8. The van der Waals surface area contributed by atoms with E-state index >= 15 is 0 Å². The van der Waals surface area contributed by atoms with Gasteiger partial charge in [-0.05, 0) is 43.4 Å². The first-order chi connectivity index (χ1) is 11.7. The number of halogens is 1. The zero-order valence-electron chi connectivity index (χ0n) is 14.0. The van der Waals surface area contributed by atoms with E-state index in [9.17, 15) is 4.39 Å². The second-order valence-corrected chi connectivity index (χ2v) is 6.02. The molecule has 0 aliphatic carbocycles. The van der Waals surface area contributed by atoms with Crippen molar-refractivity contribution in [3.05, 3.63) is 54.3 Å². The van der Waals surface area contributed by atoms with Crippen molar-refractivity contribution < 1.29 is 13.9 Å². The lowest BCUT2D eigenvalue weighted by Gasteiger charge is -2.32. The molecule has 0 N–H and O–H groups in total. The van der Waals surface area contributed by atoms with Crippen LogP contribution in [0, 0.1) is 5.82 Å². The van der Waals surface area contributed by atoms with Crippen LogP contribution in [0.5, 0.6) is 17.2 Å². The van der Waals surface area contributed by atoms with Gasteiger partial charge in [0, 0.05) is 38.8 Å². The molecular formula is C19H23FN2O2. The van der Waals surface area contributed by atoms with E-state index in [2.05, 4.69) is 16.8 Å². The topological polar surface area (TPSA) is 24.9 Å². The van der Waals surface area contributed by atoms with Crippen LogP contribution in [0.4, 0.5) is 4.39 Å². The molecule has 1 saturated heterocycles. The van der Waals surface area contributed by atoms with Crippen LogP contribution in [0.25, 0.3) is 0 Å². The molecule has 0 amide bonds. The van der Waals surface area contributed by atoms with Gasteiger partial charge >= 0.3 is 0 Å². The second kappa shape index (κ2) is 8.13. The molecule has 2 aromatic rings. The minimum absolute atomic E-state index is 0.275. The van der Waals surface area contributed by atoms with Crippen molar-refractivity contribution in [3.63, 3.8) is 0 Å². The summed E-state index contributed by atoms with van der Waals surface area (Å²) < 4.78 is 24.5. The summed E-state index contributed by atoms with van der Waals surface area (Å²) in [5.41, 5.74) is 0. The smallest absolute Gasteiger partial charge is 0.131 e. The SMILES string of the molecule is CN1CCN(CCOc2cccc(Oc3ccc(F)cc3)c2)CC1. The number of nitrogens with zero attached hydrogens (tertiary/aromatic N) is 2. The first kappa shape index (κ1) is 16.7. The van der Waals surface area contributed by atoms with Crippen molar-refractivity contribution in [2.24, 2.45) is 0 Å². The maximum absolute atomic E-state index is 12.9. The summed E-state index contributed by atoms with van der Waals surface area (Å²) in [4.78, 5) is 4.76. The van der Waals surface area contributed by atoms with Gasteiger partial charge < -0.3 is 14.4 Å². The van der Waals surface area contributed by atoms with E-state index in [0.717, 1.165) is 38.5 Å². The highest BCUT2D eigenvalue weighted by molar-refractivity contribution is 5.36. The molecule has 128 valence electrons. The van der Waals surface area contributed by atoms with Crippen LogP contribution in [-0.2, 0) is 0 Å². The van der Waals surface area contributed by atoms with E-state index in [-0.39, 0.29) is 5.82 Å². The lowest BCUT2D eigenvalue weighted by atomic mass is 10.3. The van der Waals surface area contributed by atoms with Gasteiger partial charge in [-0.15, -0.1) is 0 Å². The summed E-state index contributed by atoms with van der Waals surface area (Å²) in [6.45, 7) is 5.99. The Morgan fingerprint density at radius 2 is 1.62 bits per heavy atom. The molecule has 2 aromatic carbocycles. The monoisotopic (exact) mass is 330 g/mol. The molecule has 0 bridgehead atoms. The fourth-order valence-electron chi connectivity index (χ4n) is 2.63. The normalized spacial score (nSPS) is 16.1. The van der Waals surface area contributed by atoms with Crippen LogP contribution < -0.4 is 9.47 Å². The highest BCUT2D eigenvalue weighted by atomic mass is 19.1. The number of hydrogen-bond donors (Lipinski definition) is 0. The summed E-state index contributed by atoms with van der Waals surface area (Å²) in [5.74, 6) is 1.79. The largest absolute Gasteiger partial charge is 0.492 e. The Morgan fingerprint density at radius 1 is 0.917 bits per heavy atom. The van der Waals surface area contributed by atoms with Crippen LogP contribution in [-0.4, -0.2) is 56.2 Å². The van der Waals surface area contributed by atoms with E-state index in [0.29, 0.717) is 18.1 Å². The Hall–Kier alpha value is -2.11. The Morgan fingerprint density at radius 3 is 2.38 bits per heavy atom. The van der Waals surface area contributed by atoms with Crippen molar-refractivity contribution in [3.8, 4) is 17.2 Å². The van der Waals surface area contributed by atoms with Crippen LogP contribution in [0.3, 0.4) is 0 Å². The van der Waals surface area contributed by atoms with Gasteiger partial charge in [-0.25, -0.2) is 4.39 Å². The fraction of sp³-hybridized carbons (Fsp3) is 0.368. The van der Waals surface area contributed by atoms with E-state index in [1.165, 1.54) is 12.1 Å². The summed E-state index contributed by atoms with van der Waals surface area (Å²) in [5, 5.41) is 0. The van der Waals surface area contributed by atoms with E-state index in [1.54, 1.807) is 12.1 Å². The zero-order valence-corrected chi connectivity index (χ0v) is 14.0. The number of rotatable bonds is 6. The van der Waals surface area contributed by atoms with Gasteiger partial charge in [0.15, 0.2) is 0 Å². The standard InChI is InChI=1S/C19H23FN2O2/c1-21-9-11-22(12-10-21)13-14-23-18-3-2-4-19(15-18)24-17-7-5-16(20)6-8-17/h2-8,15H,9-14H2,1H3. The second-order valence-electron chi connectivity index (χ2n) is 6.02. The lowest BCUT2D eigenvalue weighted by Crippen LogP contribution is -2.45. The number of hydrogen-bond acceptors (Lipinski definition) is 4. The van der Waals surface area contributed by atoms with Crippen molar-refractivity contribution >= 4 is 0 Å². The van der Waals surface area contributed by atoms with Gasteiger partial charge in [-0.3, -0.25) is 4.90 Å². The predicted molar refractivity (Wildman–Crippen MR) is 92.3 cm³/mol. The van der Waals surface area contributed by atoms with Crippen LogP contribution in [0.1, 0.15) is 0 Å². The van der Waals surface area contributed by atoms with Gasteiger partial charge in [-0.1, -0.05) is 6.07 Å². The summed E-state index contributed by atoms with van der Waals surface area (Å²) >= 11 is 0. The van der Waals surface area contributed by atoms with Crippen LogP contribution in [0.2, 0.25) is 0 Å². The molecule has 0 spiro atoms. The molecular weight excluding hydrogens is 307 g/mol. The molecule has 0 unspecified atom stereocenters. The molecule has 1 aliphatic heterocycles. The van der Waals surface area contributed by atoms with Crippen molar-refractivity contribution in [2.75, 3.05) is 46.4 Å². The van der Waals surface area contributed by atoms with Gasteiger partial charge in [0.2, 0.25) is 0 Å². The fourth-order valence-corrected chi connectivity index (χ4v) is 2.63. The lowest BCUT2D eigenvalue weighted by molar-refractivity contribution is 0.133. The molecule has 0 radical (unpaired) electrons. The number of likely N-dealkylation sites (N-methyl/N-ethyl adjacent to an activating group) is 1. The Balaban J connectivity index is 1.49. The van der Waals surface area contributed by atoms with E-state index in [1.807, 2.05) is 24.3 Å². The molecule has 1 aliphatic rings. The quantitative estimate of drug-likeness (QED) is 0.812. The minimum atomic E-state index is -0.275. The van der Waals surface area contributed by atoms with Crippen LogP contribution >= 0.6 is 0 Å². The minimum Gasteiger partial charge on any atom is -0.492 e. The molecule has 1 fully saturated rings. The first-order valence-electron chi connectivity index (χ1n) is 8.26. The highest BCUT2D eigenvalue weighted by Crippen LogP contribution is 2.25. The summed E-state index contributed by atoms with van der Waals surface area (Å²) in [6, 6.07) is 13.5. The average Bonchev–Trinajstić information content (AvgIpc) is 2.59. The molecule has 4 nitrogen and oxygen atoms in total. The van der Waals surface area contributed by atoms with Crippen molar-refractivity contribution in [1.82, 2.24) is 9.80 Å². The maximum atomic E-state index is 12.9. The Kier molecular flexibility index (Phi) is 5.67.